The van der Waals surface area contributed by atoms with E-state index in [1.807, 2.05) is 0 Å². The molecule has 0 aromatic heterocycles. The lowest BCUT2D eigenvalue weighted by atomic mass is 10.0. The van der Waals surface area contributed by atoms with Gasteiger partial charge in [0.1, 0.15) is 0 Å². The first-order valence-corrected chi connectivity index (χ1v) is 5.65. The van der Waals surface area contributed by atoms with Crippen LogP contribution >= 0.6 is 0 Å². The molecule has 1 heterocycles. The molecular weight excluding hydrogens is 178 g/mol. The van der Waals surface area contributed by atoms with E-state index in [0.29, 0.717) is 6.42 Å². The van der Waals surface area contributed by atoms with Gasteiger partial charge in [0.05, 0.1) is 17.5 Å². The van der Waals surface area contributed by atoms with Gasteiger partial charge in [-0.05, 0) is 19.3 Å². The Morgan fingerprint density at radius 1 is 1.58 bits per heavy atom. The minimum atomic E-state index is -2.85. The third-order valence-corrected chi connectivity index (χ3v) is 4.00. The fraction of sp³-hybridized carbons (Fsp3) is 0.857. The molecule has 0 radical (unpaired) electrons. The number of hydrogen-bond acceptors (Lipinski definition) is 4. The van der Waals surface area contributed by atoms with Gasteiger partial charge in [-0.1, -0.05) is 0 Å². The molecule has 1 aliphatic heterocycles. The van der Waals surface area contributed by atoms with Gasteiger partial charge < -0.3 is 0 Å². The van der Waals surface area contributed by atoms with Crippen LogP contribution in [0.2, 0.25) is 0 Å². The highest BCUT2D eigenvalue weighted by Gasteiger charge is 2.31. The molecule has 1 fully saturated rings. The Hall–Kier alpha value is -0.670. The average molecular weight is 189 g/mol. The van der Waals surface area contributed by atoms with Crippen LogP contribution in [0.1, 0.15) is 13.3 Å². The molecule has 0 saturated carbocycles. The number of isocyanates is 1. The molecule has 5 heteroatoms. The molecule has 0 aromatic rings. The number of sulfone groups is 1. The van der Waals surface area contributed by atoms with Gasteiger partial charge in [0.25, 0.3) is 0 Å². The largest absolute Gasteiger partial charge is 0.235 e. The summed E-state index contributed by atoms with van der Waals surface area (Å²) in [5, 5.41) is 0. The van der Waals surface area contributed by atoms with Crippen molar-refractivity contribution >= 4 is 15.9 Å². The van der Waals surface area contributed by atoms with Crippen LogP contribution in [0.4, 0.5) is 0 Å². The van der Waals surface area contributed by atoms with Crippen molar-refractivity contribution in [3.05, 3.63) is 0 Å². The predicted molar refractivity (Wildman–Crippen MR) is 44.3 cm³/mol. The normalized spacial score (nSPS) is 29.2. The quantitative estimate of drug-likeness (QED) is 0.458. The van der Waals surface area contributed by atoms with Crippen molar-refractivity contribution < 1.29 is 13.2 Å². The monoisotopic (exact) mass is 189 g/mol. The molecule has 4 nitrogen and oxygen atoms in total. The summed E-state index contributed by atoms with van der Waals surface area (Å²) in [7, 11) is -2.85. The SMILES string of the molecule is CC(N=C=O)C1CCS(=O)(=O)C1. The lowest BCUT2D eigenvalue weighted by Crippen LogP contribution is -2.16. The molecule has 2 unspecified atom stereocenters. The first-order valence-electron chi connectivity index (χ1n) is 3.82. The molecule has 1 aliphatic rings. The zero-order chi connectivity index (χ0) is 9.19. The molecule has 1 rings (SSSR count). The van der Waals surface area contributed by atoms with E-state index in [-0.39, 0.29) is 23.5 Å². The Labute approximate surface area is 71.6 Å². The summed E-state index contributed by atoms with van der Waals surface area (Å²) in [6, 6.07) is -0.209. The fourth-order valence-corrected chi connectivity index (χ4v) is 3.32. The molecule has 0 aromatic carbocycles. The predicted octanol–water partition coefficient (Wildman–Crippen LogP) is 0.145. The van der Waals surface area contributed by atoms with Gasteiger partial charge in [-0.15, -0.1) is 0 Å². The van der Waals surface area contributed by atoms with E-state index in [9.17, 15) is 13.2 Å². The Kier molecular flexibility index (Phi) is 2.65. The molecule has 0 amide bonds. The summed E-state index contributed by atoms with van der Waals surface area (Å²) in [4.78, 5) is 13.4. The molecule has 0 spiro atoms. The maximum absolute atomic E-state index is 11.0. The molecule has 0 aliphatic carbocycles. The van der Waals surface area contributed by atoms with Crippen molar-refractivity contribution in [3.63, 3.8) is 0 Å². The van der Waals surface area contributed by atoms with Gasteiger partial charge in [-0.25, -0.2) is 18.2 Å². The van der Waals surface area contributed by atoms with E-state index in [1.54, 1.807) is 6.92 Å². The molecule has 1 saturated heterocycles. The van der Waals surface area contributed by atoms with Gasteiger partial charge in [0.15, 0.2) is 9.84 Å². The Morgan fingerprint density at radius 3 is 2.67 bits per heavy atom. The minimum absolute atomic E-state index is 0.0106. The Bertz CT molecular complexity index is 303. The number of carbonyl (C=O) groups excluding carboxylic acids is 1. The van der Waals surface area contributed by atoms with Gasteiger partial charge >= 0.3 is 0 Å². The van der Waals surface area contributed by atoms with E-state index in [4.69, 9.17) is 0 Å². The average Bonchev–Trinajstić information content (AvgIpc) is 2.31. The summed E-state index contributed by atoms with van der Waals surface area (Å²) in [6.45, 7) is 1.75. The first kappa shape index (κ1) is 9.42. The maximum atomic E-state index is 11.0. The van der Waals surface area contributed by atoms with Crippen molar-refractivity contribution in [2.45, 2.75) is 19.4 Å². The summed E-state index contributed by atoms with van der Waals surface area (Å²) < 4.78 is 22.0. The Balaban J connectivity index is 2.64. The number of aliphatic imine (C=N–C) groups is 1. The second-order valence-corrected chi connectivity index (χ2v) is 5.35. The third-order valence-electron chi connectivity index (χ3n) is 2.21. The van der Waals surface area contributed by atoms with Crippen LogP contribution in [0.5, 0.6) is 0 Å². The van der Waals surface area contributed by atoms with Crippen LogP contribution in [0.25, 0.3) is 0 Å². The van der Waals surface area contributed by atoms with E-state index in [1.165, 1.54) is 6.08 Å². The number of nitrogens with zero attached hydrogens (tertiary/aromatic N) is 1. The molecule has 2 atom stereocenters. The van der Waals surface area contributed by atoms with Crippen LogP contribution in [0.15, 0.2) is 4.99 Å². The van der Waals surface area contributed by atoms with Crippen LogP contribution < -0.4 is 0 Å². The van der Waals surface area contributed by atoms with Crippen LogP contribution in [0, 0.1) is 5.92 Å². The van der Waals surface area contributed by atoms with Crippen molar-refractivity contribution in [1.82, 2.24) is 0 Å². The Morgan fingerprint density at radius 2 is 2.25 bits per heavy atom. The number of rotatable bonds is 2. The van der Waals surface area contributed by atoms with Crippen molar-refractivity contribution in [2.24, 2.45) is 10.9 Å². The number of hydrogen-bond donors (Lipinski definition) is 0. The van der Waals surface area contributed by atoms with E-state index in [2.05, 4.69) is 4.99 Å². The van der Waals surface area contributed by atoms with Crippen molar-refractivity contribution in [3.8, 4) is 0 Å². The lowest BCUT2D eigenvalue weighted by molar-refractivity contribution is 0.486. The maximum Gasteiger partial charge on any atom is 0.235 e. The minimum Gasteiger partial charge on any atom is -0.229 e. The molecule has 68 valence electrons. The zero-order valence-corrected chi connectivity index (χ0v) is 7.67. The highest BCUT2D eigenvalue weighted by atomic mass is 32.2. The van der Waals surface area contributed by atoms with E-state index in [0.717, 1.165) is 0 Å². The summed E-state index contributed by atoms with van der Waals surface area (Å²) in [5.74, 6) is 0.409. The fourth-order valence-electron chi connectivity index (χ4n) is 1.39. The second kappa shape index (κ2) is 3.37. The smallest absolute Gasteiger partial charge is 0.229 e. The highest BCUT2D eigenvalue weighted by Crippen LogP contribution is 2.22. The topological polar surface area (TPSA) is 63.6 Å². The van der Waals surface area contributed by atoms with Gasteiger partial charge in [0.2, 0.25) is 6.08 Å². The molecule has 0 N–H and O–H groups in total. The van der Waals surface area contributed by atoms with Gasteiger partial charge in [0, 0.05) is 0 Å². The molecular formula is C7H11NO3S. The first-order chi connectivity index (χ1) is 5.55. The standard InChI is InChI=1S/C7H11NO3S/c1-6(8-5-9)7-2-3-12(10,11)4-7/h6-7H,2-4H2,1H3. The third kappa shape index (κ3) is 2.16. The van der Waals surface area contributed by atoms with Crippen molar-refractivity contribution in [1.29, 1.82) is 0 Å². The summed E-state index contributed by atoms with van der Waals surface area (Å²) in [6.07, 6.45) is 2.07. The van der Waals surface area contributed by atoms with Gasteiger partial charge in [-0.3, -0.25) is 0 Å². The van der Waals surface area contributed by atoms with E-state index < -0.39 is 9.84 Å². The van der Waals surface area contributed by atoms with Crippen LogP contribution in [-0.2, 0) is 14.6 Å². The molecule has 0 bridgehead atoms. The van der Waals surface area contributed by atoms with Crippen LogP contribution in [-0.4, -0.2) is 32.0 Å². The lowest BCUT2D eigenvalue weighted by Gasteiger charge is -2.09. The van der Waals surface area contributed by atoms with Crippen molar-refractivity contribution in [2.75, 3.05) is 11.5 Å². The molecule has 12 heavy (non-hydrogen) atoms. The van der Waals surface area contributed by atoms with E-state index >= 15 is 0 Å². The summed E-state index contributed by atoms with van der Waals surface area (Å²) >= 11 is 0. The second-order valence-electron chi connectivity index (χ2n) is 3.12. The van der Waals surface area contributed by atoms with Crippen LogP contribution in [0.3, 0.4) is 0 Å². The highest BCUT2D eigenvalue weighted by molar-refractivity contribution is 7.91. The van der Waals surface area contributed by atoms with Gasteiger partial charge in [-0.2, -0.15) is 0 Å². The summed E-state index contributed by atoms with van der Waals surface area (Å²) in [5.41, 5.74) is 0. The zero-order valence-electron chi connectivity index (χ0n) is 6.86.